The molecule has 1 rings (SSSR count). The predicted molar refractivity (Wildman–Crippen MR) is 46.7 cm³/mol. The molecule has 0 amide bonds. The largest absolute Gasteiger partial charge is 0.373 e. The predicted octanol–water partition coefficient (Wildman–Crippen LogP) is 1.28. The maximum absolute atomic E-state index is 5.57. The summed E-state index contributed by atoms with van der Waals surface area (Å²) in [5, 5.41) is 0. The van der Waals surface area contributed by atoms with Gasteiger partial charge in [0.1, 0.15) is 0 Å². The Labute approximate surface area is 68.8 Å². The lowest BCUT2D eigenvalue weighted by Gasteiger charge is -2.37. The lowest BCUT2D eigenvalue weighted by molar-refractivity contribution is -0.0829. The smallest absolute Gasteiger partial charge is 0.0753 e. The summed E-state index contributed by atoms with van der Waals surface area (Å²) >= 11 is 0. The monoisotopic (exact) mass is 155 g/mol. The van der Waals surface area contributed by atoms with E-state index in [4.69, 9.17) is 4.74 Å². The van der Waals surface area contributed by atoms with Crippen LogP contribution in [0.1, 0.15) is 13.8 Å². The summed E-state index contributed by atoms with van der Waals surface area (Å²) in [6, 6.07) is 0. The van der Waals surface area contributed by atoms with E-state index in [9.17, 15) is 0 Å². The topological polar surface area (TPSA) is 12.5 Å². The van der Waals surface area contributed by atoms with Gasteiger partial charge in [-0.2, -0.15) is 0 Å². The lowest BCUT2D eigenvalue weighted by atomic mass is 10.1. The molecular weight excluding hydrogens is 138 g/mol. The average molecular weight is 155 g/mol. The fourth-order valence-electron chi connectivity index (χ4n) is 1.45. The molecule has 0 radical (unpaired) electrons. The highest BCUT2D eigenvalue weighted by Crippen LogP contribution is 2.15. The summed E-state index contributed by atoms with van der Waals surface area (Å²) in [5.74, 6) is 0. The Morgan fingerprint density at radius 3 is 2.91 bits per heavy atom. The van der Waals surface area contributed by atoms with Crippen LogP contribution in [0.3, 0.4) is 0 Å². The van der Waals surface area contributed by atoms with Crippen molar-refractivity contribution in [2.75, 3.05) is 26.2 Å². The molecule has 0 N–H and O–H groups in total. The molecule has 0 aromatic heterocycles. The lowest BCUT2D eigenvalue weighted by Crippen LogP contribution is -2.48. The molecule has 0 aromatic carbocycles. The summed E-state index contributed by atoms with van der Waals surface area (Å²) in [7, 11) is 0. The molecule has 1 heterocycles. The molecule has 2 heteroatoms. The van der Waals surface area contributed by atoms with E-state index in [-0.39, 0.29) is 5.60 Å². The van der Waals surface area contributed by atoms with Gasteiger partial charge in [0.05, 0.1) is 12.2 Å². The third kappa shape index (κ3) is 2.64. The molecule has 0 aliphatic carbocycles. The molecule has 1 aliphatic heterocycles. The summed E-state index contributed by atoms with van der Waals surface area (Å²) in [5.41, 5.74) is 0.0290. The van der Waals surface area contributed by atoms with Crippen molar-refractivity contribution in [1.29, 1.82) is 0 Å². The molecule has 0 bridgehead atoms. The number of hydrogen-bond donors (Lipinski definition) is 0. The second kappa shape index (κ2) is 3.37. The maximum atomic E-state index is 5.57. The van der Waals surface area contributed by atoms with E-state index in [2.05, 4.69) is 25.3 Å². The van der Waals surface area contributed by atoms with Crippen LogP contribution >= 0.6 is 0 Å². The highest BCUT2D eigenvalue weighted by atomic mass is 16.5. The number of morpholine rings is 1. The van der Waals surface area contributed by atoms with Gasteiger partial charge in [-0.05, 0) is 13.8 Å². The van der Waals surface area contributed by atoms with Crippen LogP contribution in [0, 0.1) is 0 Å². The van der Waals surface area contributed by atoms with Crippen LogP contribution in [0.5, 0.6) is 0 Å². The van der Waals surface area contributed by atoms with E-state index in [1.165, 1.54) is 0 Å². The molecule has 1 saturated heterocycles. The zero-order chi connectivity index (χ0) is 8.32. The van der Waals surface area contributed by atoms with Crippen LogP contribution in [-0.2, 0) is 4.74 Å². The Hall–Kier alpha value is -0.340. The van der Waals surface area contributed by atoms with Gasteiger partial charge >= 0.3 is 0 Å². The van der Waals surface area contributed by atoms with E-state index < -0.39 is 0 Å². The molecule has 0 saturated carbocycles. The Kier molecular flexibility index (Phi) is 2.68. The Morgan fingerprint density at radius 1 is 1.64 bits per heavy atom. The Morgan fingerprint density at radius 2 is 2.36 bits per heavy atom. The standard InChI is InChI=1S/C9H17NO/c1-4-5-10-6-7-11-9(2,3)8-10/h4H,1,5-8H2,2-3H3. The first kappa shape index (κ1) is 8.75. The van der Waals surface area contributed by atoms with Crippen LogP contribution in [0.2, 0.25) is 0 Å². The van der Waals surface area contributed by atoms with Gasteiger partial charge < -0.3 is 4.74 Å². The molecule has 0 spiro atoms. The SMILES string of the molecule is C=CCN1CCOC(C)(C)C1. The van der Waals surface area contributed by atoms with Crippen molar-refractivity contribution in [3.05, 3.63) is 12.7 Å². The third-order valence-electron chi connectivity index (χ3n) is 1.89. The second-order valence-corrected chi connectivity index (χ2v) is 3.63. The number of nitrogens with zero attached hydrogens (tertiary/aromatic N) is 1. The summed E-state index contributed by atoms with van der Waals surface area (Å²) < 4.78 is 5.57. The first-order valence-electron chi connectivity index (χ1n) is 4.11. The molecular formula is C9H17NO. The van der Waals surface area contributed by atoms with Crippen LogP contribution in [0.4, 0.5) is 0 Å². The van der Waals surface area contributed by atoms with E-state index in [0.29, 0.717) is 0 Å². The van der Waals surface area contributed by atoms with Crippen molar-refractivity contribution in [2.24, 2.45) is 0 Å². The Balaban J connectivity index is 2.39. The summed E-state index contributed by atoms with van der Waals surface area (Å²) in [6.45, 7) is 11.9. The van der Waals surface area contributed by atoms with E-state index in [1.54, 1.807) is 0 Å². The van der Waals surface area contributed by atoms with Crippen LogP contribution < -0.4 is 0 Å². The van der Waals surface area contributed by atoms with E-state index in [0.717, 1.165) is 26.2 Å². The van der Waals surface area contributed by atoms with Crippen molar-refractivity contribution in [3.8, 4) is 0 Å². The van der Waals surface area contributed by atoms with Crippen LogP contribution in [0.15, 0.2) is 12.7 Å². The van der Waals surface area contributed by atoms with Gasteiger partial charge in [-0.1, -0.05) is 6.08 Å². The number of ether oxygens (including phenoxy) is 1. The molecule has 0 aromatic rings. The Bertz CT molecular complexity index is 142. The molecule has 1 aliphatic rings. The molecule has 0 unspecified atom stereocenters. The van der Waals surface area contributed by atoms with Gasteiger partial charge in [-0.15, -0.1) is 6.58 Å². The van der Waals surface area contributed by atoms with Gasteiger partial charge in [0, 0.05) is 19.6 Å². The van der Waals surface area contributed by atoms with Gasteiger partial charge in [-0.25, -0.2) is 0 Å². The first-order valence-corrected chi connectivity index (χ1v) is 4.11. The minimum atomic E-state index is 0.0290. The average Bonchev–Trinajstić information content (AvgIpc) is 1.85. The normalized spacial score (nSPS) is 24.9. The third-order valence-corrected chi connectivity index (χ3v) is 1.89. The van der Waals surface area contributed by atoms with Gasteiger partial charge in [0.25, 0.3) is 0 Å². The zero-order valence-electron chi connectivity index (χ0n) is 7.47. The highest BCUT2D eigenvalue weighted by Gasteiger charge is 2.25. The van der Waals surface area contributed by atoms with Crippen LogP contribution in [0.25, 0.3) is 0 Å². The van der Waals surface area contributed by atoms with E-state index >= 15 is 0 Å². The summed E-state index contributed by atoms with van der Waals surface area (Å²) in [4.78, 5) is 2.36. The van der Waals surface area contributed by atoms with Crippen LogP contribution in [-0.4, -0.2) is 36.7 Å². The molecule has 0 atom stereocenters. The van der Waals surface area contributed by atoms with Crippen molar-refractivity contribution < 1.29 is 4.74 Å². The van der Waals surface area contributed by atoms with Crippen molar-refractivity contribution in [3.63, 3.8) is 0 Å². The molecule has 11 heavy (non-hydrogen) atoms. The zero-order valence-corrected chi connectivity index (χ0v) is 7.47. The first-order chi connectivity index (χ1) is 5.14. The number of rotatable bonds is 2. The quantitative estimate of drug-likeness (QED) is 0.557. The highest BCUT2D eigenvalue weighted by molar-refractivity contribution is 4.83. The van der Waals surface area contributed by atoms with E-state index in [1.807, 2.05) is 6.08 Å². The molecule has 1 fully saturated rings. The minimum absolute atomic E-state index is 0.0290. The second-order valence-electron chi connectivity index (χ2n) is 3.63. The fraction of sp³-hybridized carbons (Fsp3) is 0.778. The fourth-order valence-corrected chi connectivity index (χ4v) is 1.45. The van der Waals surface area contributed by atoms with Crippen molar-refractivity contribution >= 4 is 0 Å². The molecule has 64 valence electrons. The van der Waals surface area contributed by atoms with Gasteiger partial charge in [-0.3, -0.25) is 4.90 Å². The van der Waals surface area contributed by atoms with Crippen molar-refractivity contribution in [1.82, 2.24) is 4.90 Å². The molecule has 2 nitrogen and oxygen atoms in total. The summed E-state index contributed by atoms with van der Waals surface area (Å²) in [6.07, 6.45) is 1.95. The minimum Gasteiger partial charge on any atom is -0.373 e. The van der Waals surface area contributed by atoms with Crippen molar-refractivity contribution in [2.45, 2.75) is 19.4 Å². The van der Waals surface area contributed by atoms with Gasteiger partial charge in [0.2, 0.25) is 0 Å². The number of hydrogen-bond acceptors (Lipinski definition) is 2. The van der Waals surface area contributed by atoms with Gasteiger partial charge in [0.15, 0.2) is 0 Å². The maximum Gasteiger partial charge on any atom is 0.0753 e.